The van der Waals surface area contributed by atoms with E-state index in [2.05, 4.69) is 17.5 Å². The van der Waals surface area contributed by atoms with E-state index in [1.54, 1.807) is 48.5 Å². The fraction of sp³-hybridized carbons (Fsp3) is 0.231. The Kier molecular flexibility index (Phi) is 4.11. The minimum atomic E-state index is -1.96. The van der Waals surface area contributed by atoms with Gasteiger partial charge in [0.2, 0.25) is 5.91 Å². The molecule has 1 spiro atoms. The number of fused-ring (bicyclic) bond motifs is 3. The number of nitrogens with zero attached hydrogens (tertiary/aromatic N) is 2. The van der Waals surface area contributed by atoms with Crippen molar-refractivity contribution < 1.29 is 23.2 Å². The van der Waals surface area contributed by atoms with Crippen molar-refractivity contribution in [3.8, 4) is 12.1 Å². The maximum absolute atomic E-state index is 13.9. The van der Waals surface area contributed by atoms with Gasteiger partial charge < -0.3 is 18.9 Å². The first-order chi connectivity index (χ1) is 16.6. The number of para-hydroxylation sites is 1. The topological polar surface area (TPSA) is 129 Å². The zero-order valence-electron chi connectivity index (χ0n) is 17.8. The van der Waals surface area contributed by atoms with Crippen LogP contribution in [0.3, 0.4) is 0 Å². The lowest BCUT2D eigenvalue weighted by molar-refractivity contribution is -0.130. The van der Waals surface area contributed by atoms with Crippen LogP contribution in [0.5, 0.6) is 0 Å². The van der Waals surface area contributed by atoms with Gasteiger partial charge in [0.1, 0.15) is 22.7 Å². The molecule has 34 heavy (non-hydrogen) atoms. The molecule has 2 aromatic heterocycles. The predicted octanol–water partition coefficient (Wildman–Crippen LogP) is 4.27. The molecule has 0 saturated carbocycles. The zero-order valence-corrected chi connectivity index (χ0v) is 17.8. The molecule has 3 atom stereocenters. The molecule has 1 aromatic carbocycles. The minimum absolute atomic E-state index is 0.0457. The van der Waals surface area contributed by atoms with Gasteiger partial charge in [-0.25, -0.2) is 0 Å². The van der Waals surface area contributed by atoms with Gasteiger partial charge in [0.15, 0.2) is 17.3 Å². The molecule has 8 heteroatoms. The molecule has 0 saturated heterocycles. The number of nitriles is 2. The number of Topliss-reactive ketones (excluding diaryl/α,β-unsaturated/α-hetero) is 1. The van der Waals surface area contributed by atoms with Crippen LogP contribution in [0.15, 0.2) is 81.2 Å². The number of hydrogen-bond acceptors (Lipinski definition) is 7. The maximum Gasteiger partial charge on any atom is 0.242 e. The number of hydrogen-bond donors (Lipinski definition) is 1. The third-order valence-corrected chi connectivity index (χ3v) is 7.11. The Labute approximate surface area is 194 Å². The lowest BCUT2D eigenvalue weighted by Gasteiger charge is -2.48. The van der Waals surface area contributed by atoms with Gasteiger partial charge in [0, 0.05) is 12.1 Å². The number of rotatable bonds is 2. The highest BCUT2D eigenvalue weighted by molar-refractivity contribution is 6.17. The molecule has 1 N–H and O–H groups in total. The van der Waals surface area contributed by atoms with Crippen molar-refractivity contribution in [2.75, 3.05) is 5.32 Å². The van der Waals surface area contributed by atoms with Crippen LogP contribution >= 0.6 is 0 Å². The van der Waals surface area contributed by atoms with Crippen molar-refractivity contribution in [3.05, 3.63) is 89.5 Å². The first-order valence-electron chi connectivity index (χ1n) is 10.8. The van der Waals surface area contributed by atoms with Crippen molar-refractivity contribution >= 4 is 17.4 Å². The van der Waals surface area contributed by atoms with Gasteiger partial charge in [0.05, 0.1) is 42.6 Å². The number of allylic oxidation sites excluding steroid dienone is 1. The number of ketones is 1. The number of amides is 1. The summed E-state index contributed by atoms with van der Waals surface area (Å²) in [6.45, 7) is 0. The Morgan fingerprint density at radius 2 is 1.62 bits per heavy atom. The van der Waals surface area contributed by atoms with Crippen LogP contribution in [-0.4, -0.2) is 11.7 Å². The Morgan fingerprint density at radius 3 is 2.29 bits per heavy atom. The van der Waals surface area contributed by atoms with E-state index in [-0.39, 0.29) is 30.0 Å². The molecule has 166 valence electrons. The van der Waals surface area contributed by atoms with Gasteiger partial charge in [-0.3, -0.25) is 9.59 Å². The van der Waals surface area contributed by atoms with Crippen molar-refractivity contribution in [1.82, 2.24) is 0 Å². The second-order valence-corrected chi connectivity index (χ2v) is 8.60. The summed E-state index contributed by atoms with van der Waals surface area (Å²) in [5, 5.41) is 24.0. The van der Waals surface area contributed by atoms with Crippen LogP contribution in [0.4, 0.5) is 5.69 Å². The van der Waals surface area contributed by atoms with Crippen LogP contribution in [0, 0.1) is 28.1 Å². The van der Waals surface area contributed by atoms with E-state index in [9.17, 15) is 20.1 Å². The Hall–Kier alpha value is -4.56. The van der Waals surface area contributed by atoms with Gasteiger partial charge >= 0.3 is 0 Å². The van der Waals surface area contributed by atoms with Crippen LogP contribution in [-0.2, 0) is 19.7 Å². The van der Waals surface area contributed by atoms with Crippen molar-refractivity contribution in [2.45, 2.75) is 30.3 Å². The highest BCUT2D eigenvalue weighted by Gasteiger charge is 2.72. The molecule has 0 radical (unpaired) electrons. The van der Waals surface area contributed by atoms with E-state index in [0.717, 1.165) is 0 Å². The van der Waals surface area contributed by atoms with Crippen molar-refractivity contribution in [1.29, 1.82) is 10.5 Å². The second kappa shape index (κ2) is 6.97. The summed E-state index contributed by atoms with van der Waals surface area (Å²) in [5.41, 5.74) is -2.93. The number of ether oxygens (including phenoxy) is 1. The summed E-state index contributed by atoms with van der Waals surface area (Å²) in [7, 11) is 0. The van der Waals surface area contributed by atoms with Crippen LogP contribution in [0.1, 0.15) is 41.9 Å². The molecule has 1 amide bonds. The van der Waals surface area contributed by atoms with Gasteiger partial charge in [0.25, 0.3) is 0 Å². The molecule has 0 fully saturated rings. The molecule has 0 unspecified atom stereocenters. The number of carbonyl (C=O) groups is 2. The molecule has 0 bridgehead atoms. The van der Waals surface area contributed by atoms with E-state index in [0.29, 0.717) is 22.8 Å². The standard InChI is InChI=1S/C26H17N3O5/c27-13-25(14-28)16(19-7-3-9-32-19)11-22-23(18(30)12-21(34-22)20-8-4-10-33-20)26(25)15-5-1-2-6-17(15)29-24(26)31/h1-10,16,21H,11-12H2,(H,29,31)/t16-,21+,26-/m1/s1. The number of anilines is 1. The van der Waals surface area contributed by atoms with E-state index < -0.39 is 28.8 Å². The van der Waals surface area contributed by atoms with Crippen LogP contribution < -0.4 is 5.32 Å². The summed E-state index contributed by atoms with van der Waals surface area (Å²) in [4.78, 5) is 27.6. The summed E-state index contributed by atoms with van der Waals surface area (Å²) >= 11 is 0. The van der Waals surface area contributed by atoms with Crippen LogP contribution in [0.25, 0.3) is 0 Å². The first kappa shape index (κ1) is 20.1. The average Bonchev–Trinajstić information content (AvgIpc) is 3.61. The lowest BCUT2D eigenvalue weighted by Crippen LogP contribution is -2.58. The number of furan rings is 2. The van der Waals surface area contributed by atoms with E-state index >= 15 is 0 Å². The fourth-order valence-corrected chi connectivity index (χ4v) is 5.75. The predicted molar refractivity (Wildman–Crippen MR) is 116 cm³/mol. The lowest BCUT2D eigenvalue weighted by atomic mass is 9.48. The minimum Gasteiger partial charge on any atom is -0.486 e. The Bertz CT molecular complexity index is 1420. The van der Waals surface area contributed by atoms with Gasteiger partial charge in [-0.2, -0.15) is 10.5 Å². The SMILES string of the molecule is N#CC1(C#N)[C@@H](c2ccco2)CC2=C(C(=O)C[C@@H](c3ccco3)O2)[C@]12C(=O)Nc1ccccc12. The fourth-order valence-electron chi connectivity index (χ4n) is 5.75. The molecule has 8 nitrogen and oxygen atoms in total. The molecule has 1 aliphatic carbocycles. The van der Waals surface area contributed by atoms with E-state index in [1.807, 2.05) is 0 Å². The maximum atomic E-state index is 13.9. The molecule has 2 aliphatic heterocycles. The smallest absolute Gasteiger partial charge is 0.242 e. The Balaban J connectivity index is 1.68. The van der Waals surface area contributed by atoms with Crippen LogP contribution in [0.2, 0.25) is 0 Å². The second-order valence-electron chi connectivity index (χ2n) is 8.60. The molecule has 4 heterocycles. The molecule has 3 aromatic rings. The van der Waals surface area contributed by atoms with Gasteiger partial charge in [-0.15, -0.1) is 0 Å². The van der Waals surface area contributed by atoms with Crippen molar-refractivity contribution in [2.24, 2.45) is 5.41 Å². The first-order valence-corrected chi connectivity index (χ1v) is 10.8. The Morgan fingerprint density at radius 1 is 0.912 bits per heavy atom. The highest BCUT2D eigenvalue weighted by atomic mass is 16.5. The zero-order chi connectivity index (χ0) is 23.5. The molecule has 6 rings (SSSR count). The monoisotopic (exact) mass is 451 g/mol. The molecular weight excluding hydrogens is 434 g/mol. The summed E-state index contributed by atoms with van der Waals surface area (Å²) in [5.74, 6) is -0.709. The molecular formula is C26H17N3O5. The third kappa shape index (κ3) is 2.29. The van der Waals surface area contributed by atoms with E-state index in [1.165, 1.54) is 12.5 Å². The van der Waals surface area contributed by atoms with Gasteiger partial charge in [-0.05, 0) is 35.9 Å². The number of benzene rings is 1. The highest BCUT2D eigenvalue weighted by Crippen LogP contribution is 2.65. The largest absolute Gasteiger partial charge is 0.486 e. The number of nitrogens with one attached hydrogen (secondary N) is 1. The summed E-state index contributed by atoms with van der Waals surface area (Å²) in [6, 6.07) is 17.9. The summed E-state index contributed by atoms with van der Waals surface area (Å²) in [6.07, 6.45) is 2.24. The van der Waals surface area contributed by atoms with E-state index in [4.69, 9.17) is 13.6 Å². The summed E-state index contributed by atoms with van der Waals surface area (Å²) < 4.78 is 17.4. The van der Waals surface area contributed by atoms with Gasteiger partial charge in [-0.1, -0.05) is 18.2 Å². The average molecular weight is 451 g/mol. The quantitative estimate of drug-likeness (QED) is 0.616. The molecule has 3 aliphatic rings. The number of carbonyl (C=O) groups excluding carboxylic acids is 2. The normalized spacial score (nSPS) is 26.8. The van der Waals surface area contributed by atoms with Crippen molar-refractivity contribution in [3.63, 3.8) is 0 Å². The third-order valence-electron chi connectivity index (χ3n) is 7.11.